The molecule has 0 radical (unpaired) electrons. The zero-order chi connectivity index (χ0) is 15.5. The van der Waals surface area contributed by atoms with Crippen molar-refractivity contribution in [3.05, 3.63) is 33.3 Å². The van der Waals surface area contributed by atoms with Crippen LogP contribution in [0.5, 0.6) is 0 Å². The summed E-state index contributed by atoms with van der Waals surface area (Å²) < 4.78 is 0.734. The number of aliphatic carboxylic acids is 1. The number of benzene rings is 1. The van der Waals surface area contributed by atoms with Gasteiger partial charge in [0.25, 0.3) is 5.91 Å². The number of nitrogens with one attached hydrogen (secondary N) is 1. The molecule has 0 aliphatic carbocycles. The average molecular weight is 363 g/mol. The van der Waals surface area contributed by atoms with Gasteiger partial charge in [0.15, 0.2) is 0 Å². The molecule has 0 saturated heterocycles. The van der Waals surface area contributed by atoms with E-state index in [0.717, 1.165) is 4.47 Å². The van der Waals surface area contributed by atoms with E-state index in [9.17, 15) is 9.59 Å². The Morgan fingerprint density at radius 3 is 2.50 bits per heavy atom. The molecule has 1 rings (SSSR count). The zero-order valence-corrected chi connectivity index (χ0v) is 13.9. The van der Waals surface area contributed by atoms with Crippen LogP contribution < -0.4 is 5.32 Å². The first kappa shape index (κ1) is 17.0. The van der Waals surface area contributed by atoms with Crippen molar-refractivity contribution >= 4 is 39.4 Å². The van der Waals surface area contributed by atoms with E-state index in [4.69, 9.17) is 16.7 Å². The molecular weight excluding hydrogens is 346 g/mol. The van der Waals surface area contributed by atoms with Crippen LogP contribution in [0.2, 0.25) is 5.02 Å². The molecule has 0 fully saturated rings. The molecule has 0 bridgehead atoms. The highest BCUT2D eigenvalue weighted by atomic mass is 79.9. The summed E-state index contributed by atoms with van der Waals surface area (Å²) in [7, 11) is 0. The van der Waals surface area contributed by atoms with Gasteiger partial charge in [-0.3, -0.25) is 9.59 Å². The van der Waals surface area contributed by atoms with Gasteiger partial charge >= 0.3 is 5.97 Å². The van der Waals surface area contributed by atoms with E-state index in [-0.39, 0.29) is 17.7 Å². The number of amides is 1. The summed E-state index contributed by atoms with van der Waals surface area (Å²) >= 11 is 9.27. The molecule has 1 aromatic rings. The van der Waals surface area contributed by atoms with Crippen LogP contribution in [0, 0.1) is 5.41 Å². The molecule has 2 N–H and O–H groups in total. The standard InChI is InChI=1S/C14H17BrClNO3/c1-14(2,3)11(7-12(18)19)17-13(20)9-6-8(15)4-5-10(9)16/h4-6,11H,7H2,1-3H3,(H,17,20)(H,18,19). The second-order valence-electron chi connectivity index (χ2n) is 5.61. The number of carbonyl (C=O) groups excluding carboxylic acids is 1. The summed E-state index contributed by atoms with van der Waals surface area (Å²) in [4.78, 5) is 23.2. The number of hydrogen-bond acceptors (Lipinski definition) is 2. The largest absolute Gasteiger partial charge is 0.481 e. The molecular formula is C14H17BrClNO3. The van der Waals surface area contributed by atoms with Crippen LogP contribution in [0.15, 0.2) is 22.7 Å². The van der Waals surface area contributed by atoms with Gasteiger partial charge in [-0.2, -0.15) is 0 Å². The summed E-state index contributed by atoms with van der Waals surface area (Å²) in [6.07, 6.45) is -0.138. The van der Waals surface area contributed by atoms with Crippen molar-refractivity contribution in [1.29, 1.82) is 0 Å². The monoisotopic (exact) mass is 361 g/mol. The van der Waals surface area contributed by atoms with E-state index in [1.807, 2.05) is 20.8 Å². The predicted molar refractivity (Wildman–Crippen MR) is 82.1 cm³/mol. The maximum absolute atomic E-state index is 12.2. The van der Waals surface area contributed by atoms with Gasteiger partial charge in [-0.15, -0.1) is 0 Å². The quantitative estimate of drug-likeness (QED) is 0.858. The number of carbonyl (C=O) groups is 2. The molecule has 0 aromatic heterocycles. The van der Waals surface area contributed by atoms with Crippen molar-refractivity contribution in [3.63, 3.8) is 0 Å². The van der Waals surface area contributed by atoms with Crippen LogP contribution in [-0.2, 0) is 4.79 Å². The lowest BCUT2D eigenvalue weighted by Gasteiger charge is -2.30. The Morgan fingerprint density at radius 1 is 1.40 bits per heavy atom. The highest BCUT2D eigenvalue weighted by molar-refractivity contribution is 9.10. The second-order valence-corrected chi connectivity index (χ2v) is 6.94. The fourth-order valence-electron chi connectivity index (χ4n) is 1.66. The highest BCUT2D eigenvalue weighted by Gasteiger charge is 2.29. The van der Waals surface area contributed by atoms with E-state index in [1.54, 1.807) is 18.2 Å². The third kappa shape index (κ3) is 4.80. The highest BCUT2D eigenvalue weighted by Crippen LogP contribution is 2.25. The Labute approximate surface area is 131 Å². The van der Waals surface area contributed by atoms with Crippen molar-refractivity contribution in [1.82, 2.24) is 5.32 Å². The minimum atomic E-state index is -0.953. The molecule has 1 amide bonds. The summed E-state index contributed by atoms with van der Waals surface area (Å²) in [5.41, 5.74) is -0.0484. The summed E-state index contributed by atoms with van der Waals surface area (Å²) in [6.45, 7) is 5.64. The van der Waals surface area contributed by atoms with E-state index < -0.39 is 12.0 Å². The van der Waals surface area contributed by atoms with Crippen molar-refractivity contribution in [2.45, 2.75) is 33.2 Å². The van der Waals surface area contributed by atoms with Crippen molar-refractivity contribution in [2.24, 2.45) is 5.41 Å². The van der Waals surface area contributed by atoms with Crippen LogP contribution in [-0.4, -0.2) is 23.0 Å². The lowest BCUT2D eigenvalue weighted by atomic mass is 9.84. The van der Waals surface area contributed by atoms with Crippen molar-refractivity contribution in [2.75, 3.05) is 0 Å². The summed E-state index contributed by atoms with van der Waals surface area (Å²) in [5.74, 6) is -1.33. The van der Waals surface area contributed by atoms with Gasteiger partial charge in [0.05, 0.1) is 17.0 Å². The Kier molecular flexibility index (Phi) is 5.59. The average Bonchev–Trinajstić information content (AvgIpc) is 2.29. The SMILES string of the molecule is CC(C)(C)C(CC(=O)O)NC(=O)c1cc(Br)ccc1Cl. The maximum atomic E-state index is 12.2. The number of rotatable bonds is 4. The van der Waals surface area contributed by atoms with Crippen LogP contribution in [0.1, 0.15) is 37.6 Å². The molecule has 20 heavy (non-hydrogen) atoms. The minimum absolute atomic E-state index is 0.138. The molecule has 110 valence electrons. The van der Waals surface area contributed by atoms with E-state index in [1.165, 1.54) is 0 Å². The van der Waals surface area contributed by atoms with Crippen LogP contribution in [0.4, 0.5) is 0 Å². The normalized spacial score (nSPS) is 12.8. The van der Waals surface area contributed by atoms with Crippen LogP contribution >= 0.6 is 27.5 Å². The number of carboxylic acids is 1. The predicted octanol–water partition coefficient (Wildman–Crippen LogP) is 3.72. The first-order valence-corrected chi connectivity index (χ1v) is 7.26. The molecule has 0 aliphatic heterocycles. The third-order valence-electron chi connectivity index (χ3n) is 2.90. The van der Waals surface area contributed by atoms with Crippen LogP contribution in [0.3, 0.4) is 0 Å². The summed E-state index contributed by atoms with van der Waals surface area (Å²) in [5, 5.41) is 12.0. The lowest BCUT2D eigenvalue weighted by Crippen LogP contribution is -2.45. The van der Waals surface area contributed by atoms with Gasteiger partial charge in [0.1, 0.15) is 0 Å². The molecule has 0 spiro atoms. The summed E-state index contributed by atoms with van der Waals surface area (Å²) in [6, 6.07) is 4.47. The van der Waals surface area contributed by atoms with Crippen LogP contribution in [0.25, 0.3) is 0 Å². The van der Waals surface area contributed by atoms with Crippen molar-refractivity contribution in [3.8, 4) is 0 Å². The Bertz CT molecular complexity index is 526. The Morgan fingerprint density at radius 2 is 2.00 bits per heavy atom. The fraction of sp³-hybridized carbons (Fsp3) is 0.429. The van der Waals surface area contributed by atoms with Gasteiger partial charge in [0.2, 0.25) is 0 Å². The molecule has 4 nitrogen and oxygen atoms in total. The molecule has 0 saturated carbocycles. The molecule has 0 heterocycles. The van der Waals surface area contributed by atoms with Gasteiger partial charge < -0.3 is 10.4 Å². The molecule has 1 unspecified atom stereocenters. The molecule has 6 heteroatoms. The lowest BCUT2D eigenvalue weighted by molar-refractivity contribution is -0.138. The zero-order valence-electron chi connectivity index (χ0n) is 11.5. The number of carboxylic acid groups (broad SMARTS) is 1. The molecule has 1 atom stereocenters. The Balaban J connectivity index is 2.96. The van der Waals surface area contributed by atoms with Gasteiger partial charge in [-0.25, -0.2) is 0 Å². The van der Waals surface area contributed by atoms with Gasteiger partial charge in [0, 0.05) is 10.5 Å². The maximum Gasteiger partial charge on any atom is 0.305 e. The molecule has 0 aliphatic rings. The second kappa shape index (κ2) is 6.59. The van der Waals surface area contributed by atoms with E-state index in [2.05, 4.69) is 21.2 Å². The van der Waals surface area contributed by atoms with Crippen molar-refractivity contribution < 1.29 is 14.7 Å². The minimum Gasteiger partial charge on any atom is -0.481 e. The van der Waals surface area contributed by atoms with Gasteiger partial charge in [-0.05, 0) is 23.6 Å². The van der Waals surface area contributed by atoms with Gasteiger partial charge in [-0.1, -0.05) is 48.3 Å². The first-order chi connectivity index (χ1) is 9.11. The van der Waals surface area contributed by atoms with E-state index >= 15 is 0 Å². The smallest absolute Gasteiger partial charge is 0.305 e. The number of hydrogen-bond donors (Lipinski definition) is 2. The fourth-order valence-corrected chi connectivity index (χ4v) is 2.22. The Hall–Kier alpha value is -1.07. The topological polar surface area (TPSA) is 66.4 Å². The molecule has 1 aromatic carbocycles. The first-order valence-electron chi connectivity index (χ1n) is 6.09. The third-order valence-corrected chi connectivity index (χ3v) is 3.73. The number of halogens is 2. The van der Waals surface area contributed by atoms with E-state index in [0.29, 0.717) is 10.6 Å².